The molecule has 0 aromatic heterocycles. The van der Waals surface area contributed by atoms with Crippen LogP contribution in [-0.2, 0) is 9.47 Å². The van der Waals surface area contributed by atoms with E-state index in [2.05, 4.69) is 4.90 Å². The summed E-state index contributed by atoms with van der Waals surface area (Å²) in [6.07, 6.45) is 2.45. The molecule has 1 aliphatic heterocycles. The normalized spacial score (nSPS) is 19.1. The van der Waals surface area contributed by atoms with Crippen molar-refractivity contribution in [3.8, 4) is 0 Å². The summed E-state index contributed by atoms with van der Waals surface area (Å²) < 4.78 is 11.0. The predicted molar refractivity (Wildman–Crippen MR) is 65.0 cm³/mol. The molecule has 88 valence electrons. The standard InChI is InChI=1S/C11H21NO2S/c1-11(2,3)14-10(15)12-7-5-9(13-4)6-8-12/h9H,5-8H2,1-4H3. The first-order valence-electron chi connectivity index (χ1n) is 5.43. The van der Waals surface area contributed by atoms with E-state index in [1.807, 2.05) is 20.8 Å². The van der Waals surface area contributed by atoms with Crippen LogP contribution < -0.4 is 0 Å². The van der Waals surface area contributed by atoms with Gasteiger partial charge < -0.3 is 14.4 Å². The Labute approximate surface area is 97.7 Å². The maximum Gasteiger partial charge on any atom is 0.259 e. The van der Waals surface area contributed by atoms with E-state index in [1.165, 1.54) is 0 Å². The minimum Gasteiger partial charge on any atom is -0.465 e. The lowest BCUT2D eigenvalue weighted by Gasteiger charge is -2.34. The van der Waals surface area contributed by atoms with Gasteiger partial charge in [0, 0.05) is 20.2 Å². The molecule has 4 heteroatoms. The van der Waals surface area contributed by atoms with Crippen molar-refractivity contribution in [2.24, 2.45) is 0 Å². The van der Waals surface area contributed by atoms with E-state index in [9.17, 15) is 0 Å². The van der Waals surface area contributed by atoms with Gasteiger partial charge in [-0.3, -0.25) is 0 Å². The lowest BCUT2D eigenvalue weighted by Crippen LogP contribution is -2.43. The molecule has 1 saturated heterocycles. The fourth-order valence-electron chi connectivity index (χ4n) is 1.60. The fraction of sp³-hybridized carbons (Fsp3) is 0.909. The molecule has 0 aromatic rings. The average molecular weight is 231 g/mol. The van der Waals surface area contributed by atoms with Crippen molar-refractivity contribution < 1.29 is 9.47 Å². The Kier molecular flexibility index (Phi) is 4.34. The number of likely N-dealkylation sites (tertiary alicyclic amines) is 1. The van der Waals surface area contributed by atoms with E-state index in [4.69, 9.17) is 21.7 Å². The van der Waals surface area contributed by atoms with Crippen LogP contribution in [0.4, 0.5) is 0 Å². The average Bonchev–Trinajstić information content (AvgIpc) is 2.15. The molecule has 0 spiro atoms. The second-order valence-electron chi connectivity index (χ2n) is 4.90. The molecule has 0 aliphatic carbocycles. The molecule has 1 aliphatic rings. The summed E-state index contributed by atoms with van der Waals surface area (Å²) >= 11 is 5.26. The summed E-state index contributed by atoms with van der Waals surface area (Å²) in [5, 5.41) is 0.622. The van der Waals surface area contributed by atoms with Crippen molar-refractivity contribution in [1.82, 2.24) is 4.90 Å². The number of ether oxygens (including phenoxy) is 2. The smallest absolute Gasteiger partial charge is 0.259 e. The van der Waals surface area contributed by atoms with Gasteiger partial charge in [0.15, 0.2) is 0 Å². The predicted octanol–water partition coefficient (Wildman–Crippen LogP) is 2.20. The molecule has 0 bridgehead atoms. The van der Waals surface area contributed by atoms with Crippen molar-refractivity contribution in [2.75, 3.05) is 20.2 Å². The first-order chi connectivity index (χ1) is 6.92. The van der Waals surface area contributed by atoms with E-state index in [0.717, 1.165) is 25.9 Å². The van der Waals surface area contributed by atoms with Gasteiger partial charge in [0.2, 0.25) is 0 Å². The van der Waals surface area contributed by atoms with Gasteiger partial charge in [0.25, 0.3) is 5.17 Å². The Hall–Kier alpha value is -0.350. The molecule has 0 unspecified atom stereocenters. The van der Waals surface area contributed by atoms with E-state index < -0.39 is 0 Å². The van der Waals surface area contributed by atoms with Gasteiger partial charge in [-0.15, -0.1) is 0 Å². The number of piperidine rings is 1. The zero-order valence-corrected chi connectivity index (χ0v) is 10.9. The molecular formula is C11H21NO2S. The third-order valence-corrected chi connectivity index (χ3v) is 2.77. The highest BCUT2D eigenvalue weighted by atomic mass is 32.1. The van der Waals surface area contributed by atoms with E-state index in [-0.39, 0.29) is 5.60 Å². The number of rotatable bonds is 1. The Morgan fingerprint density at radius 3 is 2.20 bits per heavy atom. The van der Waals surface area contributed by atoms with E-state index in [1.54, 1.807) is 7.11 Å². The summed E-state index contributed by atoms with van der Waals surface area (Å²) in [6, 6.07) is 0. The van der Waals surface area contributed by atoms with Gasteiger partial charge in [-0.2, -0.15) is 0 Å². The number of hydrogen-bond donors (Lipinski definition) is 0. The molecule has 0 atom stereocenters. The first kappa shape index (κ1) is 12.7. The molecule has 1 fully saturated rings. The fourth-order valence-corrected chi connectivity index (χ4v) is 2.03. The SMILES string of the molecule is COC1CCN(C(=S)OC(C)(C)C)CC1. The molecule has 15 heavy (non-hydrogen) atoms. The number of thiocarbonyl (C=S) groups is 1. The summed E-state index contributed by atoms with van der Waals surface area (Å²) in [5.41, 5.74) is -0.199. The van der Waals surface area contributed by atoms with Crippen molar-refractivity contribution >= 4 is 17.4 Å². The topological polar surface area (TPSA) is 21.7 Å². The van der Waals surface area contributed by atoms with E-state index in [0.29, 0.717) is 11.3 Å². The van der Waals surface area contributed by atoms with Crippen LogP contribution in [0.15, 0.2) is 0 Å². The Morgan fingerprint density at radius 1 is 1.27 bits per heavy atom. The highest BCUT2D eigenvalue weighted by molar-refractivity contribution is 7.80. The van der Waals surface area contributed by atoms with Crippen LogP contribution in [0, 0.1) is 0 Å². The Morgan fingerprint density at radius 2 is 1.80 bits per heavy atom. The van der Waals surface area contributed by atoms with Crippen molar-refractivity contribution in [2.45, 2.75) is 45.3 Å². The Bertz CT molecular complexity index is 217. The van der Waals surface area contributed by atoms with Crippen LogP contribution in [0.2, 0.25) is 0 Å². The third kappa shape index (κ3) is 4.34. The molecule has 1 heterocycles. The van der Waals surface area contributed by atoms with Gasteiger partial charge in [-0.25, -0.2) is 0 Å². The summed E-state index contributed by atoms with van der Waals surface area (Å²) in [4.78, 5) is 2.12. The van der Waals surface area contributed by atoms with Crippen molar-refractivity contribution in [3.05, 3.63) is 0 Å². The number of hydrogen-bond acceptors (Lipinski definition) is 3. The van der Waals surface area contributed by atoms with Crippen LogP contribution in [0.1, 0.15) is 33.6 Å². The minimum absolute atomic E-state index is 0.199. The summed E-state index contributed by atoms with van der Waals surface area (Å²) in [5.74, 6) is 0. The van der Waals surface area contributed by atoms with E-state index >= 15 is 0 Å². The molecule has 0 aromatic carbocycles. The van der Waals surface area contributed by atoms with Crippen molar-refractivity contribution in [3.63, 3.8) is 0 Å². The highest BCUT2D eigenvalue weighted by Crippen LogP contribution is 2.16. The lowest BCUT2D eigenvalue weighted by atomic mass is 10.1. The van der Waals surface area contributed by atoms with Crippen LogP contribution in [0.25, 0.3) is 0 Å². The van der Waals surface area contributed by atoms with Crippen LogP contribution >= 0.6 is 12.2 Å². The molecule has 1 rings (SSSR count). The molecule has 0 saturated carbocycles. The van der Waals surface area contributed by atoms with Gasteiger partial charge in [-0.05, 0) is 45.8 Å². The third-order valence-electron chi connectivity index (χ3n) is 2.43. The number of nitrogens with zero attached hydrogens (tertiary/aromatic N) is 1. The monoisotopic (exact) mass is 231 g/mol. The maximum atomic E-state index is 5.66. The zero-order valence-electron chi connectivity index (χ0n) is 10.1. The zero-order chi connectivity index (χ0) is 11.5. The molecule has 0 N–H and O–H groups in total. The molecular weight excluding hydrogens is 210 g/mol. The van der Waals surface area contributed by atoms with Crippen LogP contribution in [-0.4, -0.2) is 42.0 Å². The summed E-state index contributed by atoms with van der Waals surface area (Å²) in [6.45, 7) is 7.92. The minimum atomic E-state index is -0.199. The van der Waals surface area contributed by atoms with Gasteiger partial charge in [0.1, 0.15) is 5.60 Å². The van der Waals surface area contributed by atoms with Crippen molar-refractivity contribution in [1.29, 1.82) is 0 Å². The number of methoxy groups -OCH3 is 1. The van der Waals surface area contributed by atoms with Crippen LogP contribution in [0.3, 0.4) is 0 Å². The first-order valence-corrected chi connectivity index (χ1v) is 5.84. The second-order valence-corrected chi connectivity index (χ2v) is 5.25. The maximum absolute atomic E-state index is 5.66. The van der Waals surface area contributed by atoms with Gasteiger partial charge in [-0.1, -0.05) is 0 Å². The second kappa shape index (κ2) is 5.12. The summed E-state index contributed by atoms with van der Waals surface area (Å²) in [7, 11) is 1.77. The molecule has 0 radical (unpaired) electrons. The van der Waals surface area contributed by atoms with Gasteiger partial charge >= 0.3 is 0 Å². The largest absolute Gasteiger partial charge is 0.465 e. The molecule has 3 nitrogen and oxygen atoms in total. The lowest BCUT2D eigenvalue weighted by molar-refractivity contribution is 0.0405. The Balaban J connectivity index is 2.37. The van der Waals surface area contributed by atoms with Crippen LogP contribution in [0.5, 0.6) is 0 Å². The quantitative estimate of drug-likeness (QED) is 0.645. The molecule has 0 amide bonds. The highest BCUT2D eigenvalue weighted by Gasteiger charge is 2.23. The van der Waals surface area contributed by atoms with Gasteiger partial charge in [0.05, 0.1) is 6.10 Å².